The highest BCUT2D eigenvalue weighted by molar-refractivity contribution is 6.04. The van der Waals surface area contributed by atoms with E-state index in [9.17, 15) is 14.0 Å². The molecule has 7 heteroatoms. The van der Waals surface area contributed by atoms with Crippen LogP contribution < -0.4 is 20.3 Å². The lowest BCUT2D eigenvalue weighted by Gasteiger charge is -2.12. The number of nitrogens with zero attached hydrogens (tertiary/aromatic N) is 1. The van der Waals surface area contributed by atoms with E-state index in [4.69, 9.17) is 9.47 Å². The minimum Gasteiger partial charge on any atom is -0.497 e. The van der Waals surface area contributed by atoms with E-state index >= 15 is 0 Å². The Morgan fingerprint density at radius 1 is 1.07 bits per heavy atom. The number of anilines is 1. The monoisotopic (exact) mass is 382 g/mol. The van der Waals surface area contributed by atoms with E-state index in [-0.39, 0.29) is 17.9 Å². The molecule has 0 atom stereocenters. The Hall–Kier alpha value is -3.61. The molecule has 0 aliphatic heterocycles. The zero-order valence-electron chi connectivity index (χ0n) is 15.4. The highest BCUT2D eigenvalue weighted by atomic mass is 19.1. The Labute approximate surface area is 161 Å². The lowest BCUT2D eigenvalue weighted by molar-refractivity contribution is 0.102. The summed E-state index contributed by atoms with van der Waals surface area (Å²) < 4.78 is 24.8. The van der Waals surface area contributed by atoms with Crippen LogP contribution in [0.25, 0.3) is 0 Å². The molecule has 0 saturated carbocycles. The number of aromatic nitrogens is 1. The molecule has 1 heterocycles. The molecule has 2 aromatic carbocycles. The van der Waals surface area contributed by atoms with Gasteiger partial charge in [-0.05, 0) is 42.0 Å². The molecule has 0 aliphatic carbocycles. The number of rotatable bonds is 6. The van der Waals surface area contributed by atoms with Gasteiger partial charge in [0.2, 0.25) is 0 Å². The minimum atomic E-state index is -0.554. The molecule has 3 rings (SSSR count). The predicted molar refractivity (Wildman–Crippen MR) is 104 cm³/mol. The maximum atomic E-state index is 13.1. The molecule has 28 heavy (non-hydrogen) atoms. The van der Waals surface area contributed by atoms with Crippen LogP contribution in [0.15, 0.2) is 65.6 Å². The SMILES string of the molecule is COc1ccc(NC(=O)c2cccn(Cc3ccc(F)cc3)c2=O)c(OC)c1. The summed E-state index contributed by atoms with van der Waals surface area (Å²) in [6, 6.07) is 13.9. The molecule has 6 nitrogen and oxygen atoms in total. The fourth-order valence-electron chi connectivity index (χ4n) is 2.71. The van der Waals surface area contributed by atoms with Gasteiger partial charge >= 0.3 is 0 Å². The van der Waals surface area contributed by atoms with E-state index in [1.54, 1.807) is 42.6 Å². The van der Waals surface area contributed by atoms with Gasteiger partial charge in [0.15, 0.2) is 0 Å². The molecule has 0 radical (unpaired) electrons. The zero-order chi connectivity index (χ0) is 20.1. The van der Waals surface area contributed by atoms with Gasteiger partial charge in [0.05, 0.1) is 26.5 Å². The maximum Gasteiger partial charge on any atom is 0.263 e. The maximum absolute atomic E-state index is 13.1. The van der Waals surface area contributed by atoms with E-state index < -0.39 is 11.5 Å². The van der Waals surface area contributed by atoms with Gasteiger partial charge in [-0.15, -0.1) is 0 Å². The third-order valence-corrected chi connectivity index (χ3v) is 4.19. The molecule has 1 amide bonds. The summed E-state index contributed by atoms with van der Waals surface area (Å²) in [5, 5.41) is 2.69. The second-order valence-electron chi connectivity index (χ2n) is 6.00. The van der Waals surface area contributed by atoms with Gasteiger partial charge in [-0.25, -0.2) is 4.39 Å². The van der Waals surface area contributed by atoms with Crippen LogP contribution in [-0.2, 0) is 6.54 Å². The number of halogens is 1. The van der Waals surface area contributed by atoms with Crippen molar-refractivity contribution in [3.8, 4) is 11.5 Å². The number of benzene rings is 2. The Kier molecular flexibility index (Phi) is 5.74. The number of carbonyl (C=O) groups is 1. The molecule has 0 bridgehead atoms. The number of methoxy groups -OCH3 is 2. The van der Waals surface area contributed by atoms with E-state index in [2.05, 4.69) is 5.32 Å². The molecule has 0 saturated heterocycles. The molecular weight excluding hydrogens is 363 g/mol. The minimum absolute atomic E-state index is 0.0116. The van der Waals surface area contributed by atoms with E-state index in [0.29, 0.717) is 17.2 Å². The Morgan fingerprint density at radius 3 is 2.50 bits per heavy atom. The first-order valence-corrected chi connectivity index (χ1v) is 8.49. The van der Waals surface area contributed by atoms with Crippen LogP contribution >= 0.6 is 0 Å². The van der Waals surface area contributed by atoms with Crippen molar-refractivity contribution in [1.29, 1.82) is 0 Å². The van der Waals surface area contributed by atoms with Crippen LogP contribution in [0.5, 0.6) is 11.5 Å². The summed E-state index contributed by atoms with van der Waals surface area (Å²) in [7, 11) is 3.00. The molecular formula is C21H19FN2O4. The summed E-state index contributed by atoms with van der Waals surface area (Å²) in [5.41, 5.74) is 0.707. The predicted octanol–water partition coefficient (Wildman–Crippen LogP) is 3.31. The van der Waals surface area contributed by atoms with Gasteiger partial charge in [-0.2, -0.15) is 0 Å². The zero-order valence-corrected chi connectivity index (χ0v) is 15.4. The summed E-state index contributed by atoms with van der Waals surface area (Å²) in [4.78, 5) is 25.3. The Balaban J connectivity index is 1.85. The molecule has 1 N–H and O–H groups in total. The largest absolute Gasteiger partial charge is 0.497 e. The highest BCUT2D eigenvalue weighted by Crippen LogP contribution is 2.29. The standard InChI is InChI=1S/C21H19FN2O4/c1-27-16-9-10-18(19(12-16)28-2)23-20(25)17-4-3-11-24(21(17)26)13-14-5-7-15(22)8-6-14/h3-12H,13H2,1-2H3,(H,23,25). The van der Waals surface area contributed by atoms with Gasteiger partial charge in [0.1, 0.15) is 22.9 Å². The normalized spacial score (nSPS) is 10.4. The quantitative estimate of drug-likeness (QED) is 0.710. The average Bonchev–Trinajstić information content (AvgIpc) is 2.71. The number of ether oxygens (including phenoxy) is 2. The molecule has 0 spiro atoms. The number of pyridine rings is 1. The van der Waals surface area contributed by atoms with Gasteiger partial charge in [-0.1, -0.05) is 12.1 Å². The van der Waals surface area contributed by atoms with Crippen molar-refractivity contribution in [2.24, 2.45) is 0 Å². The average molecular weight is 382 g/mol. The van der Waals surface area contributed by atoms with Crippen molar-refractivity contribution in [2.45, 2.75) is 6.54 Å². The first-order valence-electron chi connectivity index (χ1n) is 8.49. The summed E-state index contributed by atoms with van der Waals surface area (Å²) in [6.45, 7) is 0.228. The van der Waals surface area contributed by atoms with Gasteiger partial charge in [0, 0.05) is 12.3 Å². The molecule has 0 aliphatic rings. The van der Waals surface area contributed by atoms with Crippen LogP contribution in [0, 0.1) is 5.82 Å². The smallest absolute Gasteiger partial charge is 0.263 e. The van der Waals surface area contributed by atoms with Crippen LogP contribution in [0.2, 0.25) is 0 Å². The fourth-order valence-corrected chi connectivity index (χ4v) is 2.71. The Morgan fingerprint density at radius 2 is 1.82 bits per heavy atom. The van der Waals surface area contributed by atoms with Crippen molar-refractivity contribution in [3.63, 3.8) is 0 Å². The van der Waals surface area contributed by atoms with Crippen LogP contribution in [0.4, 0.5) is 10.1 Å². The van der Waals surface area contributed by atoms with Gasteiger partial charge < -0.3 is 19.4 Å². The number of amides is 1. The molecule has 3 aromatic rings. The van der Waals surface area contributed by atoms with Crippen LogP contribution in [0.3, 0.4) is 0 Å². The first-order chi connectivity index (χ1) is 13.5. The van der Waals surface area contributed by atoms with Gasteiger partial charge in [0.25, 0.3) is 11.5 Å². The second kappa shape index (κ2) is 8.39. The molecule has 0 unspecified atom stereocenters. The topological polar surface area (TPSA) is 69.6 Å². The van der Waals surface area contributed by atoms with Crippen LogP contribution in [0.1, 0.15) is 15.9 Å². The van der Waals surface area contributed by atoms with E-state index in [0.717, 1.165) is 5.56 Å². The van der Waals surface area contributed by atoms with Crippen molar-refractivity contribution in [1.82, 2.24) is 4.57 Å². The number of hydrogen-bond acceptors (Lipinski definition) is 4. The van der Waals surface area contributed by atoms with Crippen LogP contribution in [-0.4, -0.2) is 24.7 Å². The summed E-state index contributed by atoms with van der Waals surface area (Å²) in [6.07, 6.45) is 1.58. The van der Waals surface area contributed by atoms with Crippen molar-refractivity contribution < 1.29 is 18.7 Å². The van der Waals surface area contributed by atoms with Gasteiger partial charge in [-0.3, -0.25) is 9.59 Å². The summed E-state index contributed by atoms with van der Waals surface area (Å²) in [5.74, 6) is 0.0890. The third-order valence-electron chi connectivity index (χ3n) is 4.19. The van der Waals surface area contributed by atoms with E-state index in [1.165, 1.54) is 37.0 Å². The number of carbonyl (C=O) groups excluding carboxylic acids is 1. The Bertz CT molecular complexity index is 1050. The highest BCUT2D eigenvalue weighted by Gasteiger charge is 2.15. The fraction of sp³-hybridized carbons (Fsp3) is 0.143. The second-order valence-corrected chi connectivity index (χ2v) is 6.00. The first kappa shape index (κ1) is 19.2. The van der Waals surface area contributed by atoms with Crippen molar-refractivity contribution in [3.05, 3.63) is 88.1 Å². The molecule has 144 valence electrons. The van der Waals surface area contributed by atoms with Crippen molar-refractivity contribution in [2.75, 3.05) is 19.5 Å². The lowest BCUT2D eigenvalue weighted by atomic mass is 10.2. The lowest BCUT2D eigenvalue weighted by Crippen LogP contribution is -2.29. The third kappa shape index (κ3) is 4.20. The number of hydrogen-bond donors (Lipinski definition) is 1. The summed E-state index contributed by atoms with van der Waals surface area (Å²) >= 11 is 0. The number of nitrogens with one attached hydrogen (secondary N) is 1. The molecule has 0 fully saturated rings. The van der Waals surface area contributed by atoms with Crippen molar-refractivity contribution >= 4 is 11.6 Å². The molecule has 1 aromatic heterocycles. The van der Waals surface area contributed by atoms with E-state index in [1.807, 2.05) is 0 Å².